The monoisotopic (exact) mass is 300 g/mol. The summed E-state index contributed by atoms with van der Waals surface area (Å²) in [5, 5.41) is 0. The van der Waals surface area contributed by atoms with E-state index in [0.717, 1.165) is 25.7 Å². The van der Waals surface area contributed by atoms with Crippen molar-refractivity contribution in [2.75, 3.05) is 0 Å². The van der Waals surface area contributed by atoms with Crippen LogP contribution in [0.1, 0.15) is 60.8 Å². The van der Waals surface area contributed by atoms with Crippen molar-refractivity contribution in [3.05, 3.63) is 72.9 Å². The van der Waals surface area contributed by atoms with Crippen LogP contribution in [0, 0.1) is 5.41 Å². The molecule has 2 aliphatic carbocycles. The molecule has 0 bridgehead atoms. The summed E-state index contributed by atoms with van der Waals surface area (Å²) >= 11 is 0. The molecule has 0 saturated heterocycles. The second-order valence-electron chi connectivity index (χ2n) is 4.66. The second-order valence-corrected chi connectivity index (χ2v) is 4.66. The Morgan fingerprint density at radius 3 is 2.36 bits per heavy atom. The lowest BCUT2D eigenvalue weighted by molar-refractivity contribution is 0.495. The number of rotatable bonds is 5. The largest absolute Gasteiger partial charge is 0.0991 e. The molecule has 0 aromatic heterocycles. The topological polar surface area (TPSA) is 0 Å². The van der Waals surface area contributed by atoms with Crippen molar-refractivity contribution >= 4 is 0 Å². The zero-order valence-corrected chi connectivity index (χ0v) is 14.3. The van der Waals surface area contributed by atoms with E-state index in [9.17, 15) is 0 Å². The van der Waals surface area contributed by atoms with Crippen LogP contribution in [-0.4, -0.2) is 0 Å². The summed E-state index contributed by atoms with van der Waals surface area (Å²) in [5.41, 5.74) is 1.74. The van der Waals surface area contributed by atoms with Crippen LogP contribution >= 0.6 is 0 Å². The maximum atomic E-state index is 3.67. The third kappa shape index (κ3) is 6.93. The summed E-state index contributed by atoms with van der Waals surface area (Å²) in [6.07, 6.45) is 26.5. The minimum absolute atomic E-state index is 0. The highest BCUT2D eigenvalue weighted by molar-refractivity contribution is 5.43. The average Bonchev–Trinajstić information content (AvgIpc) is 2.98. The quantitative estimate of drug-likeness (QED) is 0.279. The van der Waals surface area contributed by atoms with Crippen molar-refractivity contribution in [3.63, 3.8) is 0 Å². The molecule has 0 aliphatic heterocycles. The fourth-order valence-electron chi connectivity index (χ4n) is 2.48. The van der Waals surface area contributed by atoms with E-state index in [-0.39, 0.29) is 12.8 Å². The molecule has 0 fully saturated rings. The molecule has 0 heterocycles. The lowest BCUT2D eigenvalue weighted by Gasteiger charge is -2.28. The van der Waals surface area contributed by atoms with Gasteiger partial charge in [0.1, 0.15) is 0 Å². The molecule has 0 N–H and O–H groups in total. The highest BCUT2D eigenvalue weighted by Gasteiger charge is 2.32. The zero-order valence-electron chi connectivity index (χ0n) is 14.3. The van der Waals surface area contributed by atoms with E-state index in [0.29, 0.717) is 0 Å². The van der Waals surface area contributed by atoms with Gasteiger partial charge in [-0.25, -0.2) is 0 Å². The van der Waals surface area contributed by atoms with Gasteiger partial charge in [-0.15, -0.1) is 0 Å². The molecule has 1 atom stereocenters. The standard InChI is InChI=1S/C17H20.2C2H6.CH4/c1-2-3-4-5-6-8-13-17-14-9-7-11-16(17)12-10-15-17;2*1-2;/h2-4,7-13H,1,5-6,14-15H2;2*1-2H3;1H4/b4-3-,13-8-;;;. The Morgan fingerprint density at radius 2 is 1.68 bits per heavy atom. The Morgan fingerprint density at radius 1 is 1.05 bits per heavy atom. The van der Waals surface area contributed by atoms with E-state index in [1.54, 1.807) is 0 Å². The van der Waals surface area contributed by atoms with Crippen LogP contribution in [-0.2, 0) is 0 Å². The first-order valence-corrected chi connectivity index (χ1v) is 8.36. The molecule has 0 amide bonds. The molecular formula is C22H36. The maximum absolute atomic E-state index is 3.67. The summed E-state index contributed by atoms with van der Waals surface area (Å²) in [7, 11) is 0. The molecule has 0 saturated carbocycles. The molecule has 124 valence electrons. The van der Waals surface area contributed by atoms with E-state index < -0.39 is 0 Å². The molecular weight excluding hydrogens is 264 g/mol. The third-order valence-corrected chi connectivity index (χ3v) is 3.46. The molecule has 2 rings (SSSR count). The number of hydrogen-bond donors (Lipinski definition) is 0. The lowest BCUT2D eigenvalue weighted by Crippen LogP contribution is -2.16. The van der Waals surface area contributed by atoms with Gasteiger partial charge in [0.05, 0.1) is 0 Å². The highest BCUT2D eigenvalue weighted by atomic mass is 14.4. The number of fused-ring (bicyclic) bond motifs is 1. The van der Waals surface area contributed by atoms with Crippen LogP contribution in [0.15, 0.2) is 72.9 Å². The Labute approximate surface area is 139 Å². The highest BCUT2D eigenvalue weighted by Crippen LogP contribution is 2.44. The Kier molecular flexibility index (Phi) is 14.8. The zero-order chi connectivity index (χ0) is 16.0. The molecule has 0 aromatic carbocycles. The van der Waals surface area contributed by atoms with Gasteiger partial charge in [0, 0.05) is 5.41 Å². The first-order chi connectivity index (χ1) is 10.4. The number of allylic oxidation sites excluding steroid dienone is 11. The van der Waals surface area contributed by atoms with Gasteiger partial charge in [0.25, 0.3) is 0 Å². The van der Waals surface area contributed by atoms with Gasteiger partial charge in [-0.1, -0.05) is 102 Å². The van der Waals surface area contributed by atoms with Crippen molar-refractivity contribution in [1.82, 2.24) is 0 Å². The van der Waals surface area contributed by atoms with Crippen LogP contribution in [0.2, 0.25) is 0 Å². The minimum atomic E-state index is 0. The minimum Gasteiger partial charge on any atom is -0.0991 e. The summed E-state index contributed by atoms with van der Waals surface area (Å²) in [4.78, 5) is 0. The molecule has 2 aliphatic rings. The normalized spacial score (nSPS) is 21.2. The van der Waals surface area contributed by atoms with Crippen LogP contribution in [0.25, 0.3) is 0 Å². The van der Waals surface area contributed by atoms with E-state index in [2.05, 4.69) is 55.2 Å². The van der Waals surface area contributed by atoms with E-state index >= 15 is 0 Å². The van der Waals surface area contributed by atoms with Crippen molar-refractivity contribution < 1.29 is 0 Å². The predicted octanol–water partition coefficient (Wildman–Crippen LogP) is 7.59. The molecule has 0 spiro atoms. The molecule has 0 nitrogen and oxygen atoms in total. The van der Waals surface area contributed by atoms with Crippen LogP contribution in [0.3, 0.4) is 0 Å². The van der Waals surface area contributed by atoms with Crippen LogP contribution in [0.5, 0.6) is 0 Å². The van der Waals surface area contributed by atoms with Gasteiger partial charge in [-0.2, -0.15) is 0 Å². The fourth-order valence-corrected chi connectivity index (χ4v) is 2.48. The third-order valence-electron chi connectivity index (χ3n) is 3.46. The van der Waals surface area contributed by atoms with Gasteiger partial charge in [-0.3, -0.25) is 0 Å². The van der Waals surface area contributed by atoms with Crippen molar-refractivity contribution in [2.45, 2.75) is 60.8 Å². The Bertz CT molecular complexity index is 415. The smallest absolute Gasteiger partial charge is 0.0201 e. The number of hydrogen-bond acceptors (Lipinski definition) is 0. The van der Waals surface area contributed by atoms with E-state index in [1.165, 1.54) is 5.57 Å². The van der Waals surface area contributed by atoms with Gasteiger partial charge in [0.15, 0.2) is 0 Å². The van der Waals surface area contributed by atoms with Gasteiger partial charge in [0.2, 0.25) is 0 Å². The molecule has 0 radical (unpaired) electrons. The molecule has 0 heteroatoms. The number of unbranched alkanes of at least 4 members (excludes halogenated alkanes) is 1. The van der Waals surface area contributed by atoms with E-state index in [4.69, 9.17) is 0 Å². The van der Waals surface area contributed by atoms with Gasteiger partial charge < -0.3 is 0 Å². The van der Waals surface area contributed by atoms with Crippen molar-refractivity contribution in [1.29, 1.82) is 0 Å². The second kappa shape index (κ2) is 14.4. The summed E-state index contributed by atoms with van der Waals surface area (Å²) in [6, 6.07) is 0. The van der Waals surface area contributed by atoms with Crippen LogP contribution < -0.4 is 0 Å². The maximum Gasteiger partial charge on any atom is 0.0201 e. The molecule has 22 heavy (non-hydrogen) atoms. The average molecular weight is 301 g/mol. The van der Waals surface area contributed by atoms with Gasteiger partial charge >= 0.3 is 0 Å². The van der Waals surface area contributed by atoms with E-state index in [1.807, 2.05) is 39.8 Å². The fraction of sp³-hybridized carbons (Fsp3) is 0.455. The Hall–Kier alpha value is -1.56. The predicted molar refractivity (Wildman–Crippen MR) is 105 cm³/mol. The molecule has 0 aromatic rings. The first-order valence-electron chi connectivity index (χ1n) is 8.36. The molecule has 1 unspecified atom stereocenters. The summed E-state index contributed by atoms with van der Waals surface area (Å²) < 4.78 is 0. The SMILES string of the molecule is C.C=C/C=C\CC/C=C\C12CC=CC=C1C=CC2.CC.CC. The first kappa shape index (κ1) is 22.7. The van der Waals surface area contributed by atoms with Crippen molar-refractivity contribution in [3.8, 4) is 0 Å². The van der Waals surface area contributed by atoms with Crippen molar-refractivity contribution in [2.24, 2.45) is 5.41 Å². The summed E-state index contributed by atoms with van der Waals surface area (Å²) in [5.74, 6) is 0. The Balaban J connectivity index is 0. The van der Waals surface area contributed by atoms with Crippen LogP contribution in [0.4, 0.5) is 0 Å². The van der Waals surface area contributed by atoms with Gasteiger partial charge in [-0.05, 0) is 31.3 Å². The summed E-state index contributed by atoms with van der Waals surface area (Å²) in [6.45, 7) is 11.7. The lowest BCUT2D eigenvalue weighted by atomic mass is 9.75.